The zero-order valence-electron chi connectivity index (χ0n) is 12.2. The second-order valence-corrected chi connectivity index (χ2v) is 6.44. The number of benzene rings is 2. The van der Waals surface area contributed by atoms with E-state index in [0.29, 0.717) is 12.0 Å². The van der Waals surface area contributed by atoms with Crippen LogP contribution in [-0.2, 0) is 12.0 Å². The van der Waals surface area contributed by atoms with Crippen LogP contribution in [0.4, 0.5) is 4.39 Å². The van der Waals surface area contributed by atoms with Crippen molar-refractivity contribution in [3.63, 3.8) is 0 Å². The fraction of sp³-hybridized carbons (Fsp3) is 0.294. The Morgan fingerprint density at radius 2 is 1.76 bits per heavy atom. The normalized spacial score (nSPS) is 14.0. The van der Waals surface area contributed by atoms with Gasteiger partial charge in [-0.25, -0.2) is 4.39 Å². The molecule has 1 unspecified atom stereocenters. The summed E-state index contributed by atoms with van der Waals surface area (Å²) < 4.78 is 13.7. The topological polar surface area (TPSA) is 20.2 Å². The maximum absolute atomic E-state index is 13.7. The summed E-state index contributed by atoms with van der Waals surface area (Å²) in [5, 5.41) is 11.0. The highest BCUT2D eigenvalue weighted by Crippen LogP contribution is 2.34. The summed E-state index contributed by atoms with van der Waals surface area (Å²) >= 11 is 11.8. The summed E-state index contributed by atoms with van der Waals surface area (Å²) in [6, 6.07) is 8.57. The third-order valence-corrected chi connectivity index (χ3v) is 4.23. The van der Waals surface area contributed by atoms with Crippen LogP contribution in [0.15, 0.2) is 30.3 Å². The van der Waals surface area contributed by atoms with Gasteiger partial charge in [-0.1, -0.05) is 47.0 Å². The van der Waals surface area contributed by atoms with Gasteiger partial charge in [0.2, 0.25) is 0 Å². The molecule has 1 nitrogen and oxygen atoms in total. The van der Waals surface area contributed by atoms with Gasteiger partial charge in [0.15, 0.2) is 0 Å². The molecule has 0 aromatic heterocycles. The third kappa shape index (κ3) is 3.57. The predicted octanol–water partition coefficient (Wildman–Crippen LogP) is 5.20. The molecule has 21 heavy (non-hydrogen) atoms. The van der Waals surface area contributed by atoms with Crippen molar-refractivity contribution in [2.75, 3.05) is 0 Å². The van der Waals surface area contributed by atoms with Crippen LogP contribution in [0, 0.1) is 19.7 Å². The molecule has 0 aliphatic rings. The van der Waals surface area contributed by atoms with Crippen LogP contribution in [0.5, 0.6) is 0 Å². The van der Waals surface area contributed by atoms with Crippen molar-refractivity contribution < 1.29 is 9.50 Å². The van der Waals surface area contributed by atoms with Crippen LogP contribution in [0.3, 0.4) is 0 Å². The molecule has 0 aliphatic carbocycles. The Bertz CT molecular complexity index is 681. The van der Waals surface area contributed by atoms with Crippen LogP contribution in [0.2, 0.25) is 10.0 Å². The average molecular weight is 327 g/mol. The van der Waals surface area contributed by atoms with Gasteiger partial charge in [-0.15, -0.1) is 0 Å². The molecule has 2 aromatic rings. The monoisotopic (exact) mass is 326 g/mol. The maximum Gasteiger partial charge on any atom is 0.142 e. The standard InChI is InChI=1S/C17H17Cl2FO/c1-10-4-5-11(2)12(6-10)9-17(3,21)13-7-16(20)15(19)8-14(13)18/h4-8,21H,9H2,1-3H3. The molecule has 0 aliphatic heterocycles. The lowest BCUT2D eigenvalue weighted by atomic mass is 9.87. The Hall–Kier alpha value is -1.09. The van der Waals surface area contributed by atoms with Gasteiger partial charge in [0, 0.05) is 17.0 Å². The van der Waals surface area contributed by atoms with E-state index in [1.807, 2.05) is 32.0 Å². The van der Waals surface area contributed by atoms with E-state index < -0.39 is 11.4 Å². The molecule has 0 radical (unpaired) electrons. The number of aliphatic hydroxyl groups is 1. The first-order chi connectivity index (χ1) is 9.70. The van der Waals surface area contributed by atoms with Crippen LogP contribution in [0.1, 0.15) is 29.2 Å². The highest BCUT2D eigenvalue weighted by molar-refractivity contribution is 6.35. The average Bonchev–Trinajstić information content (AvgIpc) is 2.37. The van der Waals surface area contributed by atoms with E-state index in [2.05, 4.69) is 0 Å². The summed E-state index contributed by atoms with van der Waals surface area (Å²) in [5.41, 5.74) is 2.26. The summed E-state index contributed by atoms with van der Waals surface area (Å²) in [5.74, 6) is -0.586. The zero-order chi connectivity index (χ0) is 15.8. The van der Waals surface area contributed by atoms with Gasteiger partial charge in [0.1, 0.15) is 5.82 Å². The minimum Gasteiger partial charge on any atom is -0.385 e. The van der Waals surface area contributed by atoms with E-state index in [1.165, 1.54) is 12.1 Å². The van der Waals surface area contributed by atoms with Gasteiger partial charge in [0.25, 0.3) is 0 Å². The lowest BCUT2D eigenvalue weighted by Crippen LogP contribution is -2.25. The first-order valence-corrected chi connectivity index (χ1v) is 7.40. The molecule has 0 heterocycles. The summed E-state index contributed by atoms with van der Waals surface area (Å²) in [7, 11) is 0. The molecular formula is C17H17Cl2FO. The van der Waals surface area contributed by atoms with Crippen molar-refractivity contribution >= 4 is 23.2 Å². The Morgan fingerprint density at radius 1 is 1.10 bits per heavy atom. The van der Waals surface area contributed by atoms with Crippen LogP contribution >= 0.6 is 23.2 Å². The molecule has 4 heteroatoms. The lowest BCUT2D eigenvalue weighted by molar-refractivity contribution is 0.0572. The first-order valence-electron chi connectivity index (χ1n) is 6.64. The number of hydrogen-bond acceptors (Lipinski definition) is 1. The lowest BCUT2D eigenvalue weighted by Gasteiger charge is -2.26. The molecule has 112 valence electrons. The third-order valence-electron chi connectivity index (χ3n) is 3.63. The maximum atomic E-state index is 13.7. The van der Waals surface area contributed by atoms with Gasteiger partial charge < -0.3 is 5.11 Å². The first kappa shape index (κ1) is 16.3. The van der Waals surface area contributed by atoms with Gasteiger partial charge >= 0.3 is 0 Å². The Labute approximate surface area is 134 Å². The second-order valence-electron chi connectivity index (χ2n) is 5.63. The molecule has 0 fully saturated rings. The largest absolute Gasteiger partial charge is 0.385 e. The number of halogens is 3. The molecule has 1 N–H and O–H groups in total. The minimum absolute atomic E-state index is 0.0497. The molecule has 2 aromatic carbocycles. The molecule has 0 bridgehead atoms. The Morgan fingerprint density at radius 3 is 2.43 bits per heavy atom. The molecule has 0 saturated carbocycles. The quantitative estimate of drug-likeness (QED) is 0.768. The van der Waals surface area contributed by atoms with Gasteiger partial charge in [-0.3, -0.25) is 0 Å². The fourth-order valence-corrected chi connectivity index (χ4v) is 2.98. The van der Waals surface area contributed by atoms with Gasteiger partial charge in [0.05, 0.1) is 10.6 Å². The van der Waals surface area contributed by atoms with E-state index >= 15 is 0 Å². The molecule has 0 amide bonds. The Balaban J connectivity index is 2.42. The summed E-state index contributed by atoms with van der Waals surface area (Å²) in [4.78, 5) is 0. The van der Waals surface area contributed by atoms with Crippen molar-refractivity contribution in [2.24, 2.45) is 0 Å². The van der Waals surface area contributed by atoms with E-state index in [0.717, 1.165) is 16.7 Å². The van der Waals surface area contributed by atoms with Crippen molar-refractivity contribution in [3.05, 3.63) is 68.4 Å². The minimum atomic E-state index is -1.28. The van der Waals surface area contributed by atoms with E-state index in [1.54, 1.807) is 6.92 Å². The second kappa shape index (κ2) is 5.96. The SMILES string of the molecule is Cc1ccc(C)c(CC(C)(O)c2cc(F)c(Cl)cc2Cl)c1. The number of hydrogen-bond donors (Lipinski definition) is 1. The van der Waals surface area contributed by atoms with Crippen molar-refractivity contribution in [1.29, 1.82) is 0 Å². The number of rotatable bonds is 3. The summed E-state index contributed by atoms with van der Waals surface area (Å²) in [6.45, 7) is 5.60. The highest BCUT2D eigenvalue weighted by Gasteiger charge is 2.28. The zero-order valence-corrected chi connectivity index (χ0v) is 13.7. The highest BCUT2D eigenvalue weighted by atomic mass is 35.5. The van der Waals surface area contributed by atoms with E-state index in [-0.39, 0.29) is 10.0 Å². The molecule has 2 rings (SSSR count). The van der Waals surface area contributed by atoms with E-state index in [9.17, 15) is 9.50 Å². The smallest absolute Gasteiger partial charge is 0.142 e. The molecule has 0 saturated heterocycles. The van der Waals surface area contributed by atoms with E-state index in [4.69, 9.17) is 23.2 Å². The van der Waals surface area contributed by atoms with Crippen LogP contribution in [0.25, 0.3) is 0 Å². The van der Waals surface area contributed by atoms with Gasteiger partial charge in [-0.05, 0) is 44.0 Å². The van der Waals surface area contributed by atoms with Crippen molar-refractivity contribution in [3.8, 4) is 0 Å². The van der Waals surface area contributed by atoms with Crippen molar-refractivity contribution in [1.82, 2.24) is 0 Å². The van der Waals surface area contributed by atoms with Gasteiger partial charge in [-0.2, -0.15) is 0 Å². The molecular weight excluding hydrogens is 310 g/mol. The molecule has 0 spiro atoms. The Kier molecular flexibility index (Phi) is 4.62. The van der Waals surface area contributed by atoms with Crippen molar-refractivity contribution in [2.45, 2.75) is 32.8 Å². The predicted molar refractivity (Wildman–Crippen MR) is 85.6 cm³/mol. The fourth-order valence-electron chi connectivity index (χ4n) is 2.39. The summed E-state index contributed by atoms with van der Waals surface area (Å²) in [6.07, 6.45) is 0.349. The number of aryl methyl sites for hydroxylation is 2. The van der Waals surface area contributed by atoms with Crippen LogP contribution < -0.4 is 0 Å². The molecule has 1 atom stereocenters. The van der Waals surface area contributed by atoms with Crippen LogP contribution in [-0.4, -0.2) is 5.11 Å².